The Bertz CT molecular complexity index is 653. The van der Waals surface area contributed by atoms with Crippen molar-refractivity contribution in [3.8, 4) is 5.75 Å². The maximum atomic E-state index is 5.62. The summed E-state index contributed by atoms with van der Waals surface area (Å²) in [6.45, 7) is 2.97. The Kier molecular flexibility index (Phi) is 5.03. The van der Waals surface area contributed by atoms with Gasteiger partial charge in [-0.3, -0.25) is 0 Å². The minimum Gasteiger partial charge on any atom is -0.494 e. The summed E-state index contributed by atoms with van der Waals surface area (Å²) >= 11 is 0. The van der Waals surface area contributed by atoms with E-state index in [1.54, 1.807) is 7.11 Å². The predicted molar refractivity (Wildman–Crippen MR) is 84.1 cm³/mol. The van der Waals surface area contributed by atoms with E-state index in [0.29, 0.717) is 24.5 Å². The van der Waals surface area contributed by atoms with E-state index in [2.05, 4.69) is 10.2 Å². The molecule has 0 bridgehead atoms. The van der Waals surface area contributed by atoms with Gasteiger partial charge in [0.2, 0.25) is 0 Å². The molecule has 0 aliphatic rings. The number of ether oxygens (including phenoxy) is 1. The molecule has 0 saturated carbocycles. The quantitative estimate of drug-likeness (QED) is 0.826. The van der Waals surface area contributed by atoms with Crippen LogP contribution in [0.25, 0.3) is 0 Å². The Morgan fingerprint density at radius 3 is 2.05 bits per heavy atom. The van der Waals surface area contributed by atoms with E-state index >= 15 is 0 Å². The molecule has 0 spiro atoms. The zero-order chi connectivity index (χ0) is 15.2. The Balaban J connectivity index is 2.29. The minimum absolute atomic E-state index is 0.466. The van der Waals surface area contributed by atoms with Crippen LogP contribution in [0, 0.1) is 6.92 Å². The van der Waals surface area contributed by atoms with Crippen molar-refractivity contribution in [2.45, 2.75) is 20.0 Å². The van der Waals surface area contributed by atoms with Crippen LogP contribution in [-0.2, 0) is 13.1 Å². The Morgan fingerprint density at radius 1 is 0.905 bits per heavy atom. The van der Waals surface area contributed by atoms with E-state index in [0.717, 1.165) is 22.4 Å². The normalized spacial score (nSPS) is 11.0. The van der Waals surface area contributed by atoms with Gasteiger partial charge in [0, 0.05) is 13.1 Å². The summed E-state index contributed by atoms with van der Waals surface area (Å²) in [5, 5.41) is 8.56. The van der Waals surface area contributed by atoms with E-state index in [-0.39, 0.29) is 0 Å². The standard InChI is InChI=1S/C16H20N4O/c1-11-7-12(9-17)3-5-14(11)19-20-15-6-4-13(10-18)8-16(15)21-2/h3-8H,9-10,17-18H2,1-2H3. The predicted octanol–water partition coefficient (Wildman–Crippen LogP) is 3.34. The fraction of sp³-hybridized carbons (Fsp3) is 0.250. The van der Waals surface area contributed by atoms with Crippen LogP contribution in [-0.4, -0.2) is 7.11 Å². The minimum atomic E-state index is 0.466. The van der Waals surface area contributed by atoms with Crippen LogP contribution >= 0.6 is 0 Å². The molecule has 5 nitrogen and oxygen atoms in total. The van der Waals surface area contributed by atoms with Crippen LogP contribution in [0.15, 0.2) is 46.6 Å². The van der Waals surface area contributed by atoms with Gasteiger partial charge in [0.15, 0.2) is 0 Å². The Hall–Kier alpha value is -2.24. The maximum absolute atomic E-state index is 5.62. The van der Waals surface area contributed by atoms with Gasteiger partial charge in [-0.2, -0.15) is 5.11 Å². The molecule has 0 unspecified atom stereocenters. The van der Waals surface area contributed by atoms with Gasteiger partial charge < -0.3 is 16.2 Å². The summed E-state index contributed by atoms with van der Waals surface area (Å²) < 4.78 is 5.32. The van der Waals surface area contributed by atoms with Crippen molar-refractivity contribution in [1.29, 1.82) is 0 Å². The monoisotopic (exact) mass is 284 g/mol. The van der Waals surface area contributed by atoms with Gasteiger partial charge in [-0.1, -0.05) is 18.2 Å². The fourth-order valence-corrected chi connectivity index (χ4v) is 2.00. The second kappa shape index (κ2) is 6.97. The van der Waals surface area contributed by atoms with Crippen molar-refractivity contribution in [2.24, 2.45) is 21.7 Å². The molecule has 0 amide bonds. The fourth-order valence-electron chi connectivity index (χ4n) is 2.00. The Labute approximate surface area is 124 Å². The number of methoxy groups -OCH3 is 1. The molecule has 2 aromatic rings. The molecule has 0 heterocycles. The lowest BCUT2D eigenvalue weighted by Gasteiger charge is -2.06. The van der Waals surface area contributed by atoms with Gasteiger partial charge in [0.1, 0.15) is 11.4 Å². The van der Waals surface area contributed by atoms with Crippen LogP contribution < -0.4 is 16.2 Å². The first-order chi connectivity index (χ1) is 10.2. The maximum Gasteiger partial charge on any atom is 0.146 e. The molecule has 4 N–H and O–H groups in total. The van der Waals surface area contributed by atoms with Crippen molar-refractivity contribution in [3.05, 3.63) is 53.1 Å². The topological polar surface area (TPSA) is 86.0 Å². The molecule has 2 aromatic carbocycles. The lowest BCUT2D eigenvalue weighted by Crippen LogP contribution is -1.96. The number of aryl methyl sites for hydroxylation is 1. The molecule has 0 saturated heterocycles. The first-order valence-corrected chi connectivity index (χ1v) is 6.76. The van der Waals surface area contributed by atoms with Crippen molar-refractivity contribution in [1.82, 2.24) is 0 Å². The summed E-state index contributed by atoms with van der Waals surface area (Å²) in [6, 6.07) is 11.5. The van der Waals surface area contributed by atoms with Crippen molar-refractivity contribution in [2.75, 3.05) is 7.11 Å². The van der Waals surface area contributed by atoms with Gasteiger partial charge in [-0.15, -0.1) is 5.11 Å². The molecule has 0 atom stereocenters. The summed E-state index contributed by atoms with van der Waals surface area (Å²) in [6.07, 6.45) is 0. The zero-order valence-corrected chi connectivity index (χ0v) is 12.3. The molecule has 0 aliphatic carbocycles. The molecule has 0 aliphatic heterocycles. The van der Waals surface area contributed by atoms with E-state index in [1.807, 2.05) is 43.3 Å². The second-order valence-corrected chi connectivity index (χ2v) is 4.74. The lowest BCUT2D eigenvalue weighted by atomic mass is 10.1. The highest BCUT2D eigenvalue weighted by Gasteiger charge is 2.04. The highest BCUT2D eigenvalue weighted by Crippen LogP contribution is 2.30. The molecule has 0 radical (unpaired) electrons. The van der Waals surface area contributed by atoms with Crippen molar-refractivity contribution in [3.63, 3.8) is 0 Å². The summed E-state index contributed by atoms with van der Waals surface area (Å²) in [5.74, 6) is 0.665. The van der Waals surface area contributed by atoms with Crippen molar-refractivity contribution < 1.29 is 4.74 Å². The highest BCUT2D eigenvalue weighted by atomic mass is 16.5. The molecular weight excluding hydrogens is 264 g/mol. The summed E-state index contributed by atoms with van der Waals surface area (Å²) in [4.78, 5) is 0. The van der Waals surface area contributed by atoms with Gasteiger partial charge in [-0.05, 0) is 41.8 Å². The highest BCUT2D eigenvalue weighted by molar-refractivity contribution is 5.54. The van der Waals surface area contributed by atoms with Crippen LogP contribution in [0.3, 0.4) is 0 Å². The SMILES string of the molecule is COc1cc(CN)ccc1N=Nc1ccc(CN)cc1C. The molecule has 5 heteroatoms. The Morgan fingerprint density at radius 2 is 1.48 bits per heavy atom. The van der Waals surface area contributed by atoms with E-state index in [4.69, 9.17) is 16.2 Å². The lowest BCUT2D eigenvalue weighted by molar-refractivity contribution is 0.415. The van der Waals surface area contributed by atoms with E-state index in [9.17, 15) is 0 Å². The number of hydrogen-bond acceptors (Lipinski definition) is 5. The second-order valence-electron chi connectivity index (χ2n) is 4.74. The average molecular weight is 284 g/mol. The molecule has 21 heavy (non-hydrogen) atoms. The smallest absolute Gasteiger partial charge is 0.146 e. The van der Waals surface area contributed by atoms with Crippen LogP contribution in [0.4, 0.5) is 11.4 Å². The van der Waals surface area contributed by atoms with Crippen molar-refractivity contribution >= 4 is 11.4 Å². The van der Waals surface area contributed by atoms with Crippen LogP contribution in [0.5, 0.6) is 5.75 Å². The summed E-state index contributed by atoms with van der Waals surface area (Å²) in [7, 11) is 1.61. The number of benzene rings is 2. The van der Waals surface area contributed by atoms with Gasteiger partial charge in [-0.25, -0.2) is 0 Å². The number of hydrogen-bond donors (Lipinski definition) is 2. The number of nitrogens with zero attached hydrogens (tertiary/aromatic N) is 2. The molecule has 0 fully saturated rings. The van der Waals surface area contributed by atoms with E-state index in [1.165, 1.54) is 0 Å². The number of azo groups is 1. The van der Waals surface area contributed by atoms with Gasteiger partial charge in [0.25, 0.3) is 0 Å². The van der Waals surface area contributed by atoms with Gasteiger partial charge >= 0.3 is 0 Å². The molecule has 0 aromatic heterocycles. The molecule has 110 valence electrons. The van der Waals surface area contributed by atoms with Gasteiger partial charge in [0.05, 0.1) is 12.8 Å². The van der Waals surface area contributed by atoms with Crippen LogP contribution in [0.1, 0.15) is 16.7 Å². The first kappa shape index (κ1) is 15.2. The number of rotatable bonds is 5. The zero-order valence-electron chi connectivity index (χ0n) is 12.3. The average Bonchev–Trinajstić information content (AvgIpc) is 2.53. The third kappa shape index (κ3) is 3.65. The largest absolute Gasteiger partial charge is 0.494 e. The first-order valence-electron chi connectivity index (χ1n) is 6.76. The third-order valence-electron chi connectivity index (χ3n) is 3.24. The molecular formula is C16H20N4O. The summed E-state index contributed by atoms with van der Waals surface area (Å²) in [5.41, 5.74) is 15.8. The molecule has 2 rings (SSSR count). The number of nitrogens with two attached hydrogens (primary N) is 2. The van der Waals surface area contributed by atoms with E-state index < -0.39 is 0 Å². The van der Waals surface area contributed by atoms with Crippen LogP contribution in [0.2, 0.25) is 0 Å². The third-order valence-corrected chi connectivity index (χ3v) is 3.24.